The van der Waals surface area contributed by atoms with Gasteiger partial charge in [-0.3, -0.25) is 0 Å². The molecule has 1 unspecified atom stereocenters. The van der Waals surface area contributed by atoms with Gasteiger partial charge in [0.05, 0.1) is 13.7 Å². The summed E-state index contributed by atoms with van der Waals surface area (Å²) in [5, 5.41) is 3.52. The largest absolute Gasteiger partial charge is 0.493 e. The maximum atomic E-state index is 5.64. The lowest BCUT2D eigenvalue weighted by atomic mass is 10.1. The van der Waals surface area contributed by atoms with Crippen molar-refractivity contribution in [1.29, 1.82) is 0 Å². The third-order valence-corrected chi connectivity index (χ3v) is 3.64. The molecule has 110 valence electrons. The Morgan fingerprint density at radius 3 is 2.95 bits per heavy atom. The Labute approximate surface area is 119 Å². The van der Waals surface area contributed by atoms with Crippen LogP contribution < -0.4 is 19.5 Å². The molecule has 1 atom stereocenters. The number of ether oxygens (including phenoxy) is 4. The van der Waals surface area contributed by atoms with E-state index < -0.39 is 0 Å². The van der Waals surface area contributed by atoms with Crippen LogP contribution in [-0.4, -0.2) is 39.6 Å². The van der Waals surface area contributed by atoms with E-state index in [2.05, 4.69) is 5.32 Å². The molecule has 20 heavy (non-hydrogen) atoms. The van der Waals surface area contributed by atoms with E-state index in [9.17, 15) is 0 Å². The van der Waals surface area contributed by atoms with Crippen molar-refractivity contribution in [2.24, 2.45) is 0 Å². The molecule has 0 aromatic heterocycles. The molecule has 1 aromatic rings. The molecular formula is C15H21NO4. The molecule has 5 heteroatoms. The molecule has 1 N–H and O–H groups in total. The minimum Gasteiger partial charge on any atom is -0.493 e. The third kappa shape index (κ3) is 2.99. The summed E-state index contributed by atoms with van der Waals surface area (Å²) in [7, 11) is 1.65. The molecule has 2 aliphatic rings. The van der Waals surface area contributed by atoms with Crippen LogP contribution in [0.3, 0.4) is 0 Å². The number of methoxy groups -OCH3 is 1. The molecule has 5 nitrogen and oxygen atoms in total. The van der Waals surface area contributed by atoms with Crippen LogP contribution in [0.1, 0.15) is 18.4 Å². The first-order chi connectivity index (χ1) is 9.86. The van der Waals surface area contributed by atoms with Gasteiger partial charge in [-0.2, -0.15) is 0 Å². The molecule has 3 rings (SSSR count). The minimum atomic E-state index is 0.433. The quantitative estimate of drug-likeness (QED) is 0.909. The second-order valence-corrected chi connectivity index (χ2v) is 5.12. The second kappa shape index (κ2) is 6.33. The number of fused-ring (bicyclic) bond motifs is 1. The van der Waals surface area contributed by atoms with E-state index in [4.69, 9.17) is 18.9 Å². The van der Waals surface area contributed by atoms with Crippen LogP contribution in [0.25, 0.3) is 0 Å². The van der Waals surface area contributed by atoms with Gasteiger partial charge >= 0.3 is 0 Å². The lowest BCUT2D eigenvalue weighted by molar-refractivity contribution is 0.0699. The van der Waals surface area contributed by atoms with Gasteiger partial charge in [-0.15, -0.1) is 0 Å². The molecule has 1 aromatic carbocycles. The van der Waals surface area contributed by atoms with Gasteiger partial charge in [0.25, 0.3) is 0 Å². The molecular weight excluding hydrogens is 258 g/mol. The van der Waals surface area contributed by atoms with Crippen molar-refractivity contribution in [1.82, 2.24) is 5.32 Å². The number of hydrogen-bond acceptors (Lipinski definition) is 5. The fourth-order valence-electron chi connectivity index (χ4n) is 2.59. The van der Waals surface area contributed by atoms with Gasteiger partial charge in [0.1, 0.15) is 13.2 Å². The first-order valence-corrected chi connectivity index (χ1v) is 7.14. The summed E-state index contributed by atoms with van der Waals surface area (Å²) in [5.41, 5.74) is 1.14. The molecule has 0 bridgehead atoms. The van der Waals surface area contributed by atoms with Crippen LogP contribution in [0.4, 0.5) is 0 Å². The summed E-state index contributed by atoms with van der Waals surface area (Å²) in [6, 6.07) is 4.46. The maximum Gasteiger partial charge on any atom is 0.203 e. The smallest absolute Gasteiger partial charge is 0.203 e. The molecule has 0 spiro atoms. The third-order valence-electron chi connectivity index (χ3n) is 3.64. The van der Waals surface area contributed by atoms with E-state index in [0.29, 0.717) is 25.0 Å². The summed E-state index contributed by atoms with van der Waals surface area (Å²) < 4.78 is 22.1. The Balaban J connectivity index is 1.69. The van der Waals surface area contributed by atoms with Crippen LogP contribution in [0.2, 0.25) is 0 Å². The highest BCUT2D eigenvalue weighted by atomic mass is 16.6. The predicted octanol–water partition coefficient (Wildman–Crippen LogP) is 1.73. The van der Waals surface area contributed by atoms with Crippen LogP contribution >= 0.6 is 0 Å². The number of benzene rings is 1. The van der Waals surface area contributed by atoms with Gasteiger partial charge in [-0.25, -0.2) is 0 Å². The number of nitrogens with one attached hydrogen (secondary N) is 1. The van der Waals surface area contributed by atoms with Crippen molar-refractivity contribution in [3.63, 3.8) is 0 Å². The fourth-order valence-corrected chi connectivity index (χ4v) is 2.59. The zero-order valence-electron chi connectivity index (χ0n) is 11.8. The summed E-state index contributed by atoms with van der Waals surface area (Å²) in [6.07, 6.45) is 2.30. The topological polar surface area (TPSA) is 49.0 Å². The van der Waals surface area contributed by atoms with Crippen molar-refractivity contribution in [2.75, 3.05) is 33.5 Å². The number of rotatable bonds is 4. The second-order valence-electron chi connectivity index (χ2n) is 5.12. The van der Waals surface area contributed by atoms with E-state index >= 15 is 0 Å². The van der Waals surface area contributed by atoms with Crippen LogP contribution in [0.15, 0.2) is 12.1 Å². The van der Waals surface area contributed by atoms with Crippen LogP contribution in [0.5, 0.6) is 17.2 Å². The highest BCUT2D eigenvalue weighted by Gasteiger charge is 2.19. The number of hydrogen-bond donors (Lipinski definition) is 1. The Kier molecular flexibility index (Phi) is 4.28. The molecule has 2 aliphatic heterocycles. The lowest BCUT2D eigenvalue weighted by Gasteiger charge is -2.24. The molecule has 2 heterocycles. The van der Waals surface area contributed by atoms with Gasteiger partial charge in [0, 0.05) is 19.2 Å². The average Bonchev–Trinajstić information content (AvgIpc) is 2.53. The highest BCUT2D eigenvalue weighted by Crippen LogP contribution is 2.40. The van der Waals surface area contributed by atoms with Crippen molar-refractivity contribution in [3.05, 3.63) is 17.7 Å². The Morgan fingerprint density at radius 2 is 2.15 bits per heavy atom. The van der Waals surface area contributed by atoms with Crippen LogP contribution in [-0.2, 0) is 11.3 Å². The van der Waals surface area contributed by atoms with Crippen molar-refractivity contribution < 1.29 is 18.9 Å². The summed E-state index contributed by atoms with van der Waals surface area (Å²) in [4.78, 5) is 0. The first-order valence-electron chi connectivity index (χ1n) is 7.14. The zero-order valence-corrected chi connectivity index (χ0v) is 11.8. The van der Waals surface area contributed by atoms with Gasteiger partial charge in [0.15, 0.2) is 11.5 Å². The summed E-state index contributed by atoms with van der Waals surface area (Å²) >= 11 is 0. The van der Waals surface area contributed by atoms with Crippen LogP contribution in [0, 0.1) is 0 Å². The zero-order chi connectivity index (χ0) is 13.8. The Morgan fingerprint density at radius 1 is 1.25 bits per heavy atom. The lowest BCUT2D eigenvalue weighted by Crippen LogP contribution is -2.36. The maximum absolute atomic E-state index is 5.64. The van der Waals surface area contributed by atoms with Gasteiger partial charge in [0.2, 0.25) is 5.75 Å². The van der Waals surface area contributed by atoms with Gasteiger partial charge in [-0.05, 0) is 30.5 Å². The Bertz CT molecular complexity index is 440. The average molecular weight is 279 g/mol. The minimum absolute atomic E-state index is 0.433. The van der Waals surface area contributed by atoms with E-state index in [1.807, 2.05) is 12.1 Å². The van der Waals surface area contributed by atoms with E-state index in [1.165, 1.54) is 6.42 Å². The van der Waals surface area contributed by atoms with Crippen molar-refractivity contribution in [3.8, 4) is 17.2 Å². The van der Waals surface area contributed by atoms with E-state index in [-0.39, 0.29) is 0 Å². The summed E-state index contributed by atoms with van der Waals surface area (Å²) in [5.74, 6) is 2.22. The normalized spacial score (nSPS) is 21.6. The molecule has 0 amide bonds. The SMILES string of the molecule is COc1cc(CNC2CCCOC2)cc2c1OCCO2. The summed E-state index contributed by atoms with van der Waals surface area (Å²) in [6.45, 7) is 3.61. The molecule has 0 radical (unpaired) electrons. The fraction of sp³-hybridized carbons (Fsp3) is 0.600. The Hall–Kier alpha value is -1.46. The predicted molar refractivity (Wildman–Crippen MR) is 74.7 cm³/mol. The van der Waals surface area contributed by atoms with E-state index in [0.717, 1.165) is 43.2 Å². The highest BCUT2D eigenvalue weighted by molar-refractivity contribution is 5.54. The molecule has 1 saturated heterocycles. The van der Waals surface area contributed by atoms with Gasteiger partial charge < -0.3 is 24.3 Å². The standard InChI is InChI=1S/C15H21NO4/c1-17-13-7-11(8-14-15(13)20-6-5-19-14)9-16-12-3-2-4-18-10-12/h7-8,12,16H,2-6,9-10H2,1H3. The first kappa shape index (κ1) is 13.5. The van der Waals surface area contributed by atoms with Crippen molar-refractivity contribution in [2.45, 2.75) is 25.4 Å². The molecule has 1 fully saturated rings. The monoisotopic (exact) mass is 279 g/mol. The molecule has 0 saturated carbocycles. The molecule has 0 aliphatic carbocycles. The van der Waals surface area contributed by atoms with Gasteiger partial charge in [-0.1, -0.05) is 0 Å². The van der Waals surface area contributed by atoms with Crippen molar-refractivity contribution >= 4 is 0 Å². The van der Waals surface area contributed by atoms with E-state index in [1.54, 1.807) is 7.11 Å².